The summed E-state index contributed by atoms with van der Waals surface area (Å²) in [6.07, 6.45) is 6.55. The second-order valence-corrected chi connectivity index (χ2v) is 4.36. The van der Waals surface area contributed by atoms with Gasteiger partial charge in [-0.15, -0.1) is 0 Å². The Morgan fingerprint density at radius 3 is 3.06 bits per heavy atom. The maximum atomic E-state index is 4.01. The van der Waals surface area contributed by atoms with Gasteiger partial charge in [0.15, 0.2) is 0 Å². The Hall–Kier alpha value is -2.07. The van der Waals surface area contributed by atoms with Gasteiger partial charge in [0, 0.05) is 48.5 Å². The van der Waals surface area contributed by atoms with Gasteiger partial charge in [0.2, 0.25) is 0 Å². The predicted molar refractivity (Wildman–Crippen MR) is 72.3 cm³/mol. The Kier molecular flexibility index (Phi) is 3.10. The van der Waals surface area contributed by atoms with E-state index in [2.05, 4.69) is 44.5 Å². The van der Waals surface area contributed by atoms with Gasteiger partial charge in [-0.2, -0.15) is 0 Å². The molecule has 0 radical (unpaired) electrons. The van der Waals surface area contributed by atoms with Crippen LogP contribution in [0.15, 0.2) is 43.0 Å². The van der Waals surface area contributed by atoms with Crippen molar-refractivity contribution in [1.29, 1.82) is 0 Å². The van der Waals surface area contributed by atoms with E-state index in [9.17, 15) is 0 Å². The van der Waals surface area contributed by atoms with Crippen molar-refractivity contribution in [2.24, 2.45) is 0 Å². The first-order chi connectivity index (χ1) is 8.93. The van der Waals surface area contributed by atoms with E-state index in [1.807, 2.05) is 12.4 Å². The van der Waals surface area contributed by atoms with Crippen molar-refractivity contribution >= 4 is 10.9 Å². The quantitative estimate of drug-likeness (QED) is 0.599. The van der Waals surface area contributed by atoms with Gasteiger partial charge in [-0.3, -0.25) is 0 Å². The molecule has 0 bridgehead atoms. The SMILES string of the molecule is c1cc(CNCCc2cnc[nH]2)c2cc[nH]c2c1. The number of aromatic amines is 2. The van der Waals surface area contributed by atoms with Gasteiger partial charge in [0.25, 0.3) is 0 Å². The Balaban J connectivity index is 1.58. The fourth-order valence-electron chi connectivity index (χ4n) is 2.17. The lowest BCUT2D eigenvalue weighted by atomic mass is 10.1. The van der Waals surface area contributed by atoms with E-state index in [-0.39, 0.29) is 0 Å². The molecule has 0 aliphatic carbocycles. The highest BCUT2D eigenvalue weighted by Crippen LogP contribution is 2.16. The molecular formula is C14H16N4. The van der Waals surface area contributed by atoms with Crippen LogP contribution in [-0.2, 0) is 13.0 Å². The molecule has 0 aliphatic heterocycles. The van der Waals surface area contributed by atoms with Crippen LogP contribution in [-0.4, -0.2) is 21.5 Å². The minimum atomic E-state index is 0.892. The first-order valence-electron chi connectivity index (χ1n) is 6.16. The largest absolute Gasteiger partial charge is 0.361 e. The topological polar surface area (TPSA) is 56.5 Å². The number of imidazole rings is 1. The molecule has 0 unspecified atom stereocenters. The molecular weight excluding hydrogens is 224 g/mol. The number of nitrogens with one attached hydrogen (secondary N) is 3. The summed E-state index contributed by atoms with van der Waals surface area (Å²) < 4.78 is 0. The van der Waals surface area contributed by atoms with Crippen LogP contribution in [0.1, 0.15) is 11.3 Å². The van der Waals surface area contributed by atoms with Gasteiger partial charge in [0.05, 0.1) is 6.33 Å². The number of fused-ring (bicyclic) bond motifs is 1. The van der Waals surface area contributed by atoms with E-state index < -0.39 is 0 Å². The predicted octanol–water partition coefficient (Wildman–Crippen LogP) is 2.22. The highest BCUT2D eigenvalue weighted by Gasteiger charge is 2.01. The van der Waals surface area contributed by atoms with Gasteiger partial charge >= 0.3 is 0 Å². The van der Waals surface area contributed by atoms with E-state index in [0.717, 1.165) is 19.5 Å². The molecule has 3 rings (SSSR count). The zero-order chi connectivity index (χ0) is 12.2. The minimum absolute atomic E-state index is 0.892. The van der Waals surface area contributed by atoms with Gasteiger partial charge in [-0.1, -0.05) is 12.1 Å². The molecule has 0 aliphatic rings. The zero-order valence-corrected chi connectivity index (χ0v) is 10.1. The van der Waals surface area contributed by atoms with Crippen molar-refractivity contribution in [2.45, 2.75) is 13.0 Å². The smallest absolute Gasteiger partial charge is 0.0921 e. The summed E-state index contributed by atoms with van der Waals surface area (Å²) in [7, 11) is 0. The number of benzene rings is 1. The van der Waals surface area contributed by atoms with Gasteiger partial charge in [-0.25, -0.2) is 4.98 Å². The second-order valence-electron chi connectivity index (χ2n) is 4.36. The average molecular weight is 240 g/mol. The fraction of sp³-hybridized carbons (Fsp3) is 0.214. The summed E-state index contributed by atoms with van der Waals surface area (Å²) in [5, 5.41) is 4.76. The second kappa shape index (κ2) is 5.06. The van der Waals surface area contributed by atoms with Crippen LogP contribution < -0.4 is 5.32 Å². The molecule has 0 fully saturated rings. The number of hydrogen-bond donors (Lipinski definition) is 3. The third kappa shape index (κ3) is 2.28. The molecule has 92 valence electrons. The van der Waals surface area contributed by atoms with Crippen molar-refractivity contribution in [2.75, 3.05) is 6.54 Å². The maximum Gasteiger partial charge on any atom is 0.0921 e. The van der Waals surface area contributed by atoms with Crippen molar-refractivity contribution < 1.29 is 0 Å². The molecule has 2 aromatic heterocycles. The number of H-pyrrole nitrogens is 2. The molecule has 0 amide bonds. The van der Waals surface area contributed by atoms with E-state index in [0.29, 0.717) is 0 Å². The van der Waals surface area contributed by atoms with Crippen LogP contribution in [0.5, 0.6) is 0 Å². The number of rotatable bonds is 5. The molecule has 0 saturated heterocycles. The molecule has 4 heteroatoms. The van der Waals surface area contributed by atoms with Gasteiger partial charge in [0.1, 0.15) is 0 Å². The lowest BCUT2D eigenvalue weighted by molar-refractivity contribution is 0.684. The van der Waals surface area contributed by atoms with Crippen LogP contribution in [0.2, 0.25) is 0 Å². The number of aromatic nitrogens is 3. The summed E-state index contributed by atoms with van der Waals surface area (Å²) in [6.45, 7) is 1.84. The monoisotopic (exact) mass is 240 g/mol. The van der Waals surface area contributed by atoms with E-state index >= 15 is 0 Å². The van der Waals surface area contributed by atoms with E-state index in [4.69, 9.17) is 0 Å². The lowest BCUT2D eigenvalue weighted by Gasteiger charge is -2.05. The molecule has 4 nitrogen and oxygen atoms in total. The summed E-state index contributed by atoms with van der Waals surface area (Å²) in [4.78, 5) is 10.3. The first-order valence-corrected chi connectivity index (χ1v) is 6.16. The molecule has 1 aromatic carbocycles. The van der Waals surface area contributed by atoms with E-state index in [1.165, 1.54) is 22.2 Å². The summed E-state index contributed by atoms with van der Waals surface area (Å²) in [5.74, 6) is 0. The molecule has 0 atom stereocenters. The summed E-state index contributed by atoms with van der Waals surface area (Å²) in [5.41, 5.74) is 3.70. The van der Waals surface area contributed by atoms with Crippen LogP contribution in [0.3, 0.4) is 0 Å². The third-order valence-corrected chi connectivity index (χ3v) is 3.13. The fourth-order valence-corrected chi connectivity index (χ4v) is 2.17. The van der Waals surface area contributed by atoms with Crippen molar-refractivity contribution in [1.82, 2.24) is 20.3 Å². The van der Waals surface area contributed by atoms with E-state index in [1.54, 1.807) is 6.33 Å². The van der Waals surface area contributed by atoms with Crippen LogP contribution >= 0.6 is 0 Å². The molecule has 0 spiro atoms. The van der Waals surface area contributed by atoms with Crippen LogP contribution in [0, 0.1) is 0 Å². The van der Waals surface area contributed by atoms with Crippen LogP contribution in [0.25, 0.3) is 10.9 Å². The molecule has 18 heavy (non-hydrogen) atoms. The molecule has 3 aromatic rings. The zero-order valence-electron chi connectivity index (χ0n) is 10.1. The lowest BCUT2D eigenvalue weighted by Crippen LogP contribution is -2.16. The third-order valence-electron chi connectivity index (χ3n) is 3.13. The van der Waals surface area contributed by atoms with Gasteiger partial charge < -0.3 is 15.3 Å². The molecule has 2 heterocycles. The Morgan fingerprint density at radius 2 is 2.17 bits per heavy atom. The average Bonchev–Trinajstić information content (AvgIpc) is 3.05. The highest BCUT2D eigenvalue weighted by atomic mass is 14.9. The molecule has 0 saturated carbocycles. The van der Waals surface area contributed by atoms with Crippen molar-refractivity contribution in [3.05, 3.63) is 54.2 Å². The highest BCUT2D eigenvalue weighted by molar-refractivity contribution is 5.82. The van der Waals surface area contributed by atoms with Crippen LogP contribution in [0.4, 0.5) is 0 Å². The Labute approximate surface area is 105 Å². The minimum Gasteiger partial charge on any atom is -0.361 e. The summed E-state index contributed by atoms with van der Waals surface area (Å²) >= 11 is 0. The Morgan fingerprint density at radius 1 is 1.17 bits per heavy atom. The number of hydrogen-bond acceptors (Lipinski definition) is 2. The van der Waals surface area contributed by atoms with Crippen molar-refractivity contribution in [3.63, 3.8) is 0 Å². The Bertz CT molecular complexity index is 610. The van der Waals surface area contributed by atoms with Gasteiger partial charge in [-0.05, 0) is 17.7 Å². The first kappa shape index (κ1) is 11.0. The van der Waals surface area contributed by atoms with Crippen molar-refractivity contribution in [3.8, 4) is 0 Å². The maximum absolute atomic E-state index is 4.01. The number of nitrogens with zero attached hydrogens (tertiary/aromatic N) is 1. The summed E-state index contributed by atoms with van der Waals surface area (Å²) in [6, 6.07) is 8.48. The standard InChI is InChI=1S/C14H16N4/c1-2-11(13-5-7-17-14(13)3-1)8-15-6-4-12-9-16-10-18-12/h1-3,5,7,9-10,15,17H,4,6,8H2,(H,16,18). The molecule has 3 N–H and O–H groups in total. The normalized spacial score (nSPS) is 11.1.